The average molecular weight is 309 g/mol. The van der Waals surface area contributed by atoms with Crippen LogP contribution in [0.1, 0.15) is 16.7 Å². The van der Waals surface area contributed by atoms with Crippen molar-refractivity contribution in [3.63, 3.8) is 0 Å². The number of halogens is 2. The molecule has 2 rings (SSSR count). The van der Waals surface area contributed by atoms with E-state index in [1.807, 2.05) is 12.1 Å². The number of benzene rings is 2. The van der Waals surface area contributed by atoms with Crippen molar-refractivity contribution < 1.29 is 8.94 Å². The molecule has 0 N–H and O–H groups in total. The summed E-state index contributed by atoms with van der Waals surface area (Å²) in [6.07, 6.45) is 1.75. The fourth-order valence-electron chi connectivity index (χ4n) is 1.72. The van der Waals surface area contributed by atoms with Crippen molar-refractivity contribution in [1.82, 2.24) is 0 Å². The average Bonchev–Trinajstić information content (AvgIpc) is 2.43. The zero-order chi connectivity index (χ0) is 14.5. The third-order valence-electron chi connectivity index (χ3n) is 2.82. The van der Waals surface area contributed by atoms with E-state index in [9.17, 15) is 8.94 Å². The molecule has 0 saturated carbocycles. The van der Waals surface area contributed by atoms with Crippen LogP contribution in [-0.4, -0.2) is 4.55 Å². The van der Waals surface area contributed by atoms with Gasteiger partial charge in [0, 0.05) is 10.6 Å². The van der Waals surface area contributed by atoms with Crippen LogP contribution in [0.25, 0.3) is 6.08 Å². The fourth-order valence-corrected chi connectivity index (χ4v) is 2.77. The molecule has 0 aliphatic carbocycles. The zero-order valence-electron chi connectivity index (χ0n) is 11.0. The molecule has 4 heteroatoms. The second-order valence-corrected chi connectivity index (χ2v) is 6.22. The van der Waals surface area contributed by atoms with Gasteiger partial charge in [0.15, 0.2) is 0 Å². The molecule has 2 aromatic rings. The second-order valence-electron chi connectivity index (χ2n) is 4.46. The maximum atomic E-state index is 13.1. The molecular formula is C16H14ClFOS. The lowest BCUT2D eigenvalue weighted by atomic mass is 10.1. The van der Waals surface area contributed by atoms with Crippen LogP contribution in [0.4, 0.5) is 4.39 Å². The monoisotopic (exact) mass is 308 g/mol. The first-order valence-electron chi connectivity index (χ1n) is 6.10. The van der Waals surface area contributed by atoms with Gasteiger partial charge in [-0.15, -0.1) is 0 Å². The molecule has 0 bridgehead atoms. The molecule has 0 spiro atoms. The Morgan fingerprint density at radius 2 is 1.90 bits per heavy atom. The molecule has 104 valence electrons. The van der Waals surface area contributed by atoms with Gasteiger partial charge in [0.2, 0.25) is 0 Å². The molecule has 0 amide bonds. The van der Waals surface area contributed by atoms with Crippen molar-refractivity contribution >= 4 is 28.9 Å². The van der Waals surface area contributed by atoms with E-state index in [0.717, 1.165) is 11.1 Å². The third-order valence-corrected chi connectivity index (χ3v) is 4.13. The third kappa shape index (κ3) is 4.37. The van der Waals surface area contributed by atoms with E-state index in [-0.39, 0.29) is 5.82 Å². The van der Waals surface area contributed by atoms with Gasteiger partial charge in [-0.3, -0.25) is 0 Å². The van der Waals surface area contributed by atoms with E-state index in [0.29, 0.717) is 16.3 Å². The summed E-state index contributed by atoms with van der Waals surface area (Å²) in [5.74, 6) is 0.206. The van der Waals surface area contributed by atoms with Crippen molar-refractivity contribution in [1.29, 1.82) is 0 Å². The second kappa shape index (κ2) is 6.93. The van der Waals surface area contributed by atoms with Gasteiger partial charge in [-0.05, 0) is 59.6 Å². The first kappa shape index (κ1) is 15.1. The van der Waals surface area contributed by atoms with E-state index >= 15 is 0 Å². The lowest BCUT2D eigenvalue weighted by molar-refractivity contribution is 0.603. The Bertz CT molecular complexity index is 610. The molecule has 0 aromatic heterocycles. The van der Waals surface area contributed by atoms with Crippen LogP contribution in [0.15, 0.2) is 47.9 Å². The Morgan fingerprint density at radius 3 is 2.55 bits per heavy atom. The molecular weight excluding hydrogens is 295 g/mol. The zero-order valence-corrected chi connectivity index (χ0v) is 12.5. The number of hydrogen-bond donors (Lipinski definition) is 0. The Balaban J connectivity index is 1.99. The lowest BCUT2D eigenvalue weighted by Crippen LogP contribution is -1.99. The van der Waals surface area contributed by atoms with E-state index in [1.54, 1.807) is 42.7 Å². The predicted molar refractivity (Wildman–Crippen MR) is 83.5 cm³/mol. The topological polar surface area (TPSA) is 23.1 Å². The Hall–Kier alpha value is -1.29. The van der Waals surface area contributed by atoms with Gasteiger partial charge in [0.1, 0.15) is 17.0 Å². The van der Waals surface area contributed by atoms with Crippen LogP contribution in [0.2, 0.25) is 5.02 Å². The first-order chi connectivity index (χ1) is 9.54. The summed E-state index contributed by atoms with van der Waals surface area (Å²) in [7, 11) is 0. The minimum atomic E-state index is -1.11. The summed E-state index contributed by atoms with van der Waals surface area (Å²) in [5, 5.41) is 2.29. The Morgan fingerprint density at radius 1 is 1.20 bits per heavy atom. The van der Waals surface area contributed by atoms with Crippen LogP contribution in [0.3, 0.4) is 0 Å². The standard InChI is InChI=1S/C16H14ClFOS/c1-12-10-13(4-7-16(12)18)8-9-20(19)11-14-2-5-15(17)6-3-14/h2-10H,11H2,1H3. The van der Waals surface area contributed by atoms with Crippen LogP contribution in [0, 0.1) is 12.7 Å². The summed E-state index contributed by atoms with van der Waals surface area (Å²) in [6, 6.07) is 12.1. The minimum absolute atomic E-state index is 0.232. The molecule has 0 heterocycles. The highest BCUT2D eigenvalue weighted by molar-refractivity contribution is 7.93. The van der Waals surface area contributed by atoms with Crippen LogP contribution < -0.4 is 0 Å². The van der Waals surface area contributed by atoms with Gasteiger partial charge < -0.3 is 4.55 Å². The molecule has 1 nitrogen and oxygen atoms in total. The highest BCUT2D eigenvalue weighted by atomic mass is 35.5. The largest absolute Gasteiger partial charge is 0.612 e. The van der Waals surface area contributed by atoms with Crippen molar-refractivity contribution in [2.75, 3.05) is 0 Å². The lowest BCUT2D eigenvalue weighted by Gasteiger charge is -2.06. The van der Waals surface area contributed by atoms with Gasteiger partial charge in [0.25, 0.3) is 0 Å². The van der Waals surface area contributed by atoms with Gasteiger partial charge in [0.05, 0.1) is 0 Å². The van der Waals surface area contributed by atoms with E-state index in [1.165, 1.54) is 6.07 Å². The molecule has 0 radical (unpaired) electrons. The van der Waals surface area contributed by atoms with Crippen LogP contribution >= 0.6 is 11.6 Å². The molecule has 0 saturated heterocycles. The van der Waals surface area contributed by atoms with E-state index in [2.05, 4.69) is 0 Å². The molecule has 0 fully saturated rings. The van der Waals surface area contributed by atoms with E-state index < -0.39 is 11.2 Å². The quantitative estimate of drug-likeness (QED) is 0.750. The maximum absolute atomic E-state index is 13.1. The number of hydrogen-bond acceptors (Lipinski definition) is 1. The van der Waals surface area contributed by atoms with E-state index in [4.69, 9.17) is 11.6 Å². The van der Waals surface area contributed by atoms with Crippen molar-refractivity contribution in [2.45, 2.75) is 12.7 Å². The number of rotatable bonds is 4. The maximum Gasteiger partial charge on any atom is 0.135 e. The SMILES string of the molecule is Cc1cc(C=C[S+]([O-])Cc2ccc(Cl)cc2)ccc1F. The summed E-state index contributed by atoms with van der Waals surface area (Å²) in [6.45, 7) is 1.71. The number of aryl methyl sites for hydroxylation is 1. The Kier molecular flexibility index (Phi) is 5.24. The first-order valence-corrected chi connectivity index (χ1v) is 7.86. The molecule has 1 atom stereocenters. The van der Waals surface area contributed by atoms with Gasteiger partial charge in [-0.25, -0.2) is 4.39 Å². The summed E-state index contributed by atoms with van der Waals surface area (Å²) in [4.78, 5) is 0. The van der Waals surface area contributed by atoms with Gasteiger partial charge in [-0.2, -0.15) is 0 Å². The highest BCUT2D eigenvalue weighted by Gasteiger charge is 2.04. The Labute approximate surface area is 126 Å². The summed E-state index contributed by atoms with van der Waals surface area (Å²) in [5.41, 5.74) is 2.39. The predicted octanol–water partition coefficient (Wildman–Crippen LogP) is 4.71. The molecule has 0 aliphatic heterocycles. The molecule has 1 unspecified atom stereocenters. The smallest absolute Gasteiger partial charge is 0.135 e. The van der Waals surface area contributed by atoms with Crippen LogP contribution in [-0.2, 0) is 16.9 Å². The van der Waals surface area contributed by atoms with Crippen molar-refractivity contribution in [3.8, 4) is 0 Å². The minimum Gasteiger partial charge on any atom is -0.612 e. The fraction of sp³-hybridized carbons (Fsp3) is 0.125. The van der Waals surface area contributed by atoms with Crippen LogP contribution in [0.5, 0.6) is 0 Å². The molecule has 20 heavy (non-hydrogen) atoms. The molecule has 2 aromatic carbocycles. The summed E-state index contributed by atoms with van der Waals surface area (Å²) < 4.78 is 25.1. The van der Waals surface area contributed by atoms with Crippen molar-refractivity contribution in [3.05, 3.63) is 75.4 Å². The van der Waals surface area contributed by atoms with Gasteiger partial charge >= 0.3 is 0 Å². The molecule has 0 aliphatic rings. The van der Waals surface area contributed by atoms with Gasteiger partial charge in [-0.1, -0.05) is 29.8 Å². The van der Waals surface area contributed by atoms with Crippen molar-refractivity contribution in [2.24, 2.45) is 0 Å². The normalized spacial score (nSPS) is 12.8. The summed E-state index contributed by atoms with van der Waals surface area (Å²) >= 11 is 4.69. The highest BCUT2D eigenvalue weighted by Crippen LogP contribution is 2.15.